The van der Waals surface area contributed by atoms with Crippen LogP contribution in [0, 0.1) is 11.7 Å². The van der Waals surface area contributed by atoms with Crippen LogP contribution < -0.4 is 5.32 Å². The Kier molecular flexibility index (Phi) is 2.44. The average Bonchev–Trinajstić information content (AvgIpc) is 2.98. The van der Waals surface area contributed by atoms with Crippen molar-refractivity contribution in [2.45, 2.75) is 6.42 Å². The van der Waals surface area contributed by atoms with Crippen LogP contribution in [0.25, 0.3) is 10.9 Å². The van der Waals surface area contributed by atoms with E-state index in [-0.39, 0.29) is 17.5 Å². The first-order valence-corrected chi connectivity index (χ1v) is 5.78. The number of carbonyl (C=O) groups is 1. The molecule has 1 aromatic heterocycles. The zero-order valence-electron chi connectivity index (χ0n) is 9.29. The zero-order valence-corrected chi connectivity index (χ0v) is 9.29. The number of Topliss-reactive ketones (excluding diaryl/α,β-unsaturated/α-hetero) is 1. The number of H-pyrrole nitrogens is 1. The van der Waals surface area contributed by atoms with Gasteiger partial charge in [0, 0.05) is 29.6 Å². The largest absolute Gasteiger partial charge is 0.358 e. The first kappa shape index (κ1) is 10.5. The Hall–Kier alpha value is -1.68. The summed E-state index contributed by atoms with van der Waals surface area (Å²) >= 11 is 0. The van der Waals surface area contributed by atoms with Crippen LogP contribution in [0.15, 0.2) is 24.4 Å². The Morgan fingerprint density at radius 2 is 2.29 bits per heavy atom. The first-order chi connectivity index (χ1) is 8.27. The fourth-order valence-electron chi connectivity index (χ4n) is 2.42. The van der Waals surface area contributed by atoms with Gasteiger partial charge < -0.3 is 10.3 Å². The van der Waals surface area contributed by atoms with E-state index in [2.05, 4.69) is 10.3 Å². The standard InChI is InChI=1S/C13H13FN2O/c14-11-3-1-2-9-10(7-16-12(9)11)13(17)8-4-5-15-6-8/h1-3,7-8,15-16H,4-6H2. The molecule has 2 heterocycles. The summed E-state index contributed by atoms with van der Waals surface area (Å²) in [5, 5.41) is 3.85. The summed E-state index contributed by atoms with van der Waals surface area (Å²) < 4.78 is 13.5. The lowest BCUT2D eigenvalue weighted by Gasteiger charge is -2.05. The smallest absolute Gasteiger partial charge is 0.169 e. The molecule has 1 aliphatic heterocycles. The number of ketones is 1. The number of benzene rings is 1. The van der Waals surface area contributed by atoms with Gasteiger partial charge in [0.05, 0.1) is 5.52 Å². The summed E-state index contributed by atoms with van der Waals surface area (Å²) in [4.78, 5) is 15.1. The minimum atomic E-state index is -0.314. The van der Waals surface area contributed by atoms with E-state index < -0.39 is 0 Å². The number of para-hydroxylation sites is 1. The number of hydrogen-bond donors (Lipinski definition) is 2. The van der Waals surface area contributed by atoms with Gasteiger partial charge in [0.25, 0.3) is 0 Å². The second-order valence-electron chi connectivity index (χ2n) is 4.42. The van der Waals surface area contributed by atoms with E-state index >= 15 is 0 Å². The molecule has 1 atom stereocenters. The van der Waals surface area contributed by atoms with Crippen LogP contribution >= 0.6 is 0 Å². The van der Waals surface area contributed by atoms with Crippen molar-refractivity contribution in [2.75, 3.05) is 13.1 Å². The van der Waals surface area contributed by atoms with Crippen LogP contribution in [0.2, 0.25) is 0 Å². The number of fused-ring (bicyclic) bond motifs is 1. The highest BCUT2D eigenvalue weighted by molar-refractivity contribution is 6.09. The molecule has 1 aromatic carbocycles. The summed E-state index contributed by atoms with van der Waals surface area (Å²) in [6, 6.07) is 4.81. The van der Waals surface area contributed by atoms with Crippen LogP contribution in [-0.2, 0) is 0 Å². The van der Waals surface area contributed by atoms with E-state index in [1.807, 2.05) is 0 Å². The molecule has 1 saturated heterocycles. The van der Waals surface area contributed by atoms with E-state index in [1.54, 1.807) is 18.3 Å². The topological polar surface area (TPSA) is 44.9 Å². The Bertz CT molecular complexity index is 570. The predicted octanol–water partition coefficient (Wildman–Crippen LogP) is 2.10. The quantitative estimate of drug-likeness (QED) is 0.779. The van der Waals surface area contributed by atoms with E-state index in [9.17, 15) is 9.18 Å². The van der Waals surface area contributed by atoms with E-state index in [1.165, 1.54) is 6.07 Å². The third kappa shape index (κ3) is 1.65. The summed E-state index contributed by atoms with van der Waals surface area (Å²) in [6.45, 7) is 1.61. The van der Waals surface area contributed by atoms with E-state index in [4.69, 9.17) is 0 Å². The van der Waals surface area contributed by atoms with Crippen molar-refractivity contribution in [3.63, 3.8) is 0 Å². The minimum absolute atomic E-state index is 0.0252. The molecule has 0 amide bonds. The van der Waals surface area contributed by atoms with E-state index in [0.717, 1.165) is 19.5 Å². The van der Waals surface area contributed by atoms with Crippen molar-refractivity contribution in [1.29, 1.82) is 0 Å². The molecule has 17 heavy (non-hydrogen) atoms. The molecule has 0 saturated carbocycles. The molecule has 88 valence electrons. The molecule has 1 aliphatic rings. The third-order valence-corrected chi connectivity index (χ3v) is 3.36. The van der Waals surface area contributed by atoms with Crippen molar-refractivity contribution in [1.82, 2.24) is 10.3 Å². The second kappa shape index (κ2) is 3.96. The number of nitrogens with one attached hydrogen (secondary N) is 2. The predicted molar refractivity (Wildman–Crippen MR) is 63.6 cm³/mol. The highest BCUT2D eigenvalue weighted by Crippen LogP contribution is 2.24. The van der Waals surface area contributed by atoms with Crippen molar-refractivity contribution < 1.29 is 9.18 Å². The highest BCUT2D eigenvalue weighted by Gasteiger charge is 2.25. The summed E-state index contributed by atoms with van der Waals surface area (Å²) in [5.41, 5.74) is 1.02. The SMILES string of the molecule is O=C(c1c[nH]c2c(F)cccc12)C1CCNC1. The molecule has 0 aliphatic carbocycles. The number of rotatable bonds is 2. The fraction of sp³-hybridized carbons (Fsp3) is 0.308. The molecular weight excluding hydrogens is 219 g/mol. The summed E-state index contributed by atoms with van der Waals surface area (Å²) in [6.07, 6.45) is 2.48. The normalized spacial score (nSPS) is 19.9. The third-order valence-electron chi connectivity index (χ3n) is 3.36. The first-order valence-electron chi connectivity index (χ1n) is 5.78. The van der Waals surface area contributed by atoms with Gasteiger partial charge in [-0.2, -0.15) is 0 Å². The molecule has 2 aromatic rings. The number of hydrogen-bond acceptors (Lipinski definition) is 2. The monoisotopic (exact) mass is 232 g/mol. The molecule has 1 unspecified atom stereocenters. The fourth-order valence-corrected chi connectivity index (χ4v) is 2.42. The second-order valence-corrected chi connectivity index (χ2v) is 4.42. The van der Waals surface area contributed by atoms with Gasteiger partial charge in [0.15, 0.2) is 5.78 Å². The number of aromatic amines is 1. The Morgan fingerprint density at radius 1 is 1.41 bits per heavy atom. The summed E-state index contributed by atoms with van der Waals surface area (Å²) in [7, 11) is 0. The molecule has 0 bridgehead atoms. The number of carbonyl (C=O) groups excluding carboxylic acids is 1. The maximum absolute atomic E-state index is 13.5. The minimum Gasteiger partial charge on any atom is -0.358 e. The number of halogens is 1. The molecule has 0 spiro atoms. The molecule has 3 rings (SSSR count). The van der Waals surface area contributed by atoms with Gasteiger partial charge in [-0.3, -0.25) is 4.79 Å². The van der Waals surface area contributed by atoms with Crippen molar-refractivity contribution in [2.24, 2.45) is 5.92 Å². The van der Waals surface area contributed by atoms with Gasteiger partial charge in [0.2, 0.25) is 0 Å². The maximum atomic E-state index is 13.5. The van der Waals surface area contributed by atoms with E-state index in [0.29, 0.717) is 16.5 Å². The average molecular weight is 232 g/mol. The lowest BCUT2D eigenvalue weighted by molar-refractivity contribution is 0.0932. The van der Waals surface area contributed by atoms with Gasteiger partial charge in [-0.25, -0.2) is 4.39 Å². The highest BCUT2D eigenvalue weighted by atomic mass is 19.1. The Morgan fingerprint density at radius 3 is 3.06 bits per heavy atom. The van der Waals surface area contributed by atoms with Crippen LogP contribution in [0.5, 0.6) is 0 Å². The summed E-state index contributed by atoms with van der Waals surface area (Å²) in [5.74, 6) is -0.185. The van der Waals surface area contributed by atoms with Gasteiger partial charge in [-0.15, -0.1) is 0 Å². The van der Waals surface area contributed by atoms with Crippen LogP contribution in [-0.4, -0.2) is 23.9 Å². The van der Waals surface area contributed by atoms with Crippen LogP contribution in [0.1, 0.15) is 16.8 Å². The van der Waals surface area contributed by atoms with Crippen molar-refractivity contribution >= 4 is 16.7 Å². The van der Waals surface area contributed by atoms with Crippen molar-refractivity contribution in [3.8, 4) is 0 Å². The Labute approximate surface area is 98.0 Å². The lowest BCUT2D eigenvalue weighted by Crippen LogP contribution is -2.17. The van der Waals surface area contributed by atoms with Gasteiger partial charge >= 0.3 is 0 Å². The van der Waals surface area contributed by atoms with Crippen molar-refractivity contribution in [3.05, 3.63) is 35.8 Å². The molecule has 4 heteroatoms. The lowest BCUT2D eigenvalue weighted by atomic mass is 9.96. The zero-order chi connectivity index (χ0) is 11.8. The Balaban J connectivity index is 2.05. The molecule has 3 nitrogen and oxygen atoms in total. The van der Waals surface area contributed by atoms with Gasteiger partial charge in [0.1, 0.15) is 5.82 Å². The van der Waals surface area contributed by atoms with Crippen LogP contribution in [0.3, 0.4) is 0 Å². The molecule has 2 N–H and O–H groups in total. The van der Waals surface area contributed by atoms with Gasteiger partial charge in [-0.1, -0.05) is 12.1 Å². The molecular formula is C13H13FN2O. The molecule has 1 fully saturated rings. The maximum Gasteiger partial charge on any atom is 0.169 e. The van der Waals surface area contributed by atoms with Crippen LogP contribution in [0.4, 0.5) is 4.39 Å². The molecule has 0 radical (unpaired) electrons. The van der Waals surface area contributed by atoms with Gasteiger partial charge in [-0.05, 0) is 19.0 Å². The number of aromatic nitrogens is 1.